The molecule has 1 unspecified atom stereocenters. The van der Waals surface area contributed by atoms with Crippen molar-refractivity contribution in [3.05, 3.63) is 88.0 Å². The van der Waals surface area contributed by atoms with E-state index in [9.17, 15) is 39.2 Å². The number of carbonyl (C=O) groups is 1. The quantitative estimate of drug-likeness (QED) is 0.358. The third kappa shape index (κ3) is 5.45. The maximum atomic E-state index is 14.1. The maximum Gasteiger partial charge on any atom is 0.417 e. The number of nitrogens with zero attached hydrogens (tertiary/aromatic N) is 2. The lowest BCUT2D eigenvalue weighted by Gasteiger charge is -2.41. The molecule has 1 atom stereocenters. The van der Waals surface area contributed by atoms with Gasteiger partial charge in [-0.2, -0.15) is 13.2 Å². The van der Waals surface area contributed by atoms with E-state index in [0.717, 1.165) is 31.0 Å². The van der Waals surface area contributed by atoms with Crippen LogP contribution >= 0.6 is 11.6 Å². The van der Waals surface area contributed by atoms with E-state index in [1.165, 1.54) is 28.6 Å². The van der Waals surface area contributed by atoms with Gasteiger partial charge in [-0.3, -0.25) is 14.1 Å². The zero-order valence-electron chi connectivity index (χ0n) is 22.9. The second-order valence-electron chi connectivity index (χ2n) is 11.4. The molecule has 1 N–H and O–H groups in total. The maximum absolute atomic E-state index is 14.1. The molecular weight excluding hydrogens is 646 g/mol. The van der Waals surface area contributed by atoms with Crippen molar-refractivity contribution in [3.63, 3.8) is 0 Å². The molecule has 3 aliphatic rings. The summed E-state index contributed by atoms with van der Waals surface area (Å²) >= 11 is 5.99. The highest BCUT2D eigenvalue weighted by atomic mass is 35.5. The molecule has 1 saturated heterocycles. The molecule has 15 heteroatoms. The SMILES string of the molecule is O=C(NCc1ncc(C(F)(F)F)cc1Cl)c1ccc2c(c1)C1(CCS(=O)(=O)CC1)C(C1CC1)N2S(=O)(=O)c1ccc(F)cc1. The van der Waals surface area contributed by atoms with Crippen molar-refractivity contribution >= 4 is 43.1 Å². The summed E-state index contributed by atoms with van der Waals surface area (Å²) in [6.07, 6.45) is -2.19. The lowest BCUT2D eigenvalue weighted by Crippen LogP contribution is -2.52. The fraction of sp³-hybridized carbons (Fsp3) is 0.379. The molecule has 1 amide bonds. The van der Waals surface area contributed by atoms with Crippen LogP contribution < -0.4 is 9.62 Å². The summed E-state index contributed by atoms with van der Waals surface area (Å²) in [6.45, 7) is -0.272. The van der Waals surface area contributed by atoms with E-state index in [1.54, 1.807) is 6.07 Å². The Bertz CT molecular complexity index is 1850. The summed E-state index contributed by atoms with van der Waals surface area (Å²) in [5.41, 5.74) is -0.878. The summed E-state index contributed by atoms with van der Waals surface area (Å²) in [5.74, 6) is -1.53. The number of sulfonamides is 1. The van der Waals surface area contributed by atoms with Gasteiger partial charge in [0.15, 0.2) is 0 Å². The molecule has 2 aliphatic heterocycles. The van der Waals surface area contributed by atoms with Crippen LogP contribution in [-0.2, 0) is 38.0 Å². The van der Waals surface area contributed by atoms with Crippen LogP contribution in [0.25, 0.3) is 0 Å². The van der Waals surface area contributed by atoms with Gasteiger partial charge in [0.05, 0.1) is 51.0 Å². The molecule has 1 aliphatic carbocycles. The lowest BCUT2D eigenvalue weighted by molar-refractivity contribution is -0.137. The van der Waals surface area contributed by atoms with Gasteiger partial charge in [-0.15, -0.1) is 0 Å². The lowest BCUT2D eigenvalue weighted by atomic mass is 9.70. The number of anilines is 1. The number of hydrogen-bond acceptors (Lipinski definition) is 6. The predicted octanol–water partition coefficient (Wildman–Crippen LogP) is 5.26. The normalized spacial score (nSPS) is 20.8. The van der Waals surface area contributed by atoms with Gasteiger partial charge in [-0.25, -0.2) is 21.2 Å². The molecule has 0 bridgehead atoms. The number of pyridine rings is 1. The number of nitrogens with one attached hydrogen (secondary N) is 1. The van der Waals surface area contributed by atoms with Gasteiger partial charge in [0.2, 0.25) is 0 Å². The minimum absolute atomic E-state index is 0.0218. The van der Waals surface area contributed by atoms with Crippen LogP contribution in [0.5, 0.6) is 0 Å². The molecule has 8 nitrogen and oxygen atoms in total. The number of fused-ring (bicyclic) bond motifs is 2. The molecule has 2 fully saturated rings. The highest BCUT2D eigenvalue weighted by Crippen LogP contribution is 2.59. The first-order chi connectivity index (χ1) is 20.6. The first-order valence-electron chi connectivity index (χ1n) is 13.8. The molecule has 6 rings (SSSR count). The standard InChI is InChI=1S/C29H26ClF4N3O5S2/c30-23-14-19(29(32,33)34)15-35-24(23)16-36-27(38)18-3-8-25-22(13-18)28(9-11-43(39,40)12-10-28)26(17-1-2-17)37(25)44(41,42)21-6-4-20(31)5-7-21/h3-8,13-15,17,26H,1-2,9-12,16H2,(H,36,38). The van der Waals surface area contributed by atoms with Gasteiger partial charge in [-0.1, -0.05) is 11.6 Å². The summed E-state index contributed by atoms with van der Waals surface area (Å²) in [6, 6.07) is 9.14. The molecule has 234 valence electrons. The summed E-state index contributed by atoms with van der Waals surface area (Å²) in [5, 5.41) is 2.33. The van der Waals surface area contributed by atoms with Gasteiger partial charge in [-0.05, 0) is 85.7 Å². The smallest absolute Gasteiger partial charge is 0.346 e. The topological polar surface area (TPSA) is 114 Å². The molecule has 0 radical (unpaired) electrons. The average Bonchev–Trinajstić information content (AvgIpc) is 3.76. The molecule has 3 aromatic rings. The Balaban J connectivity index is 1.37. The fourth-order valence-corrected chi connectivity index (χ4v) is 9.93. The van der Waals surface area contributed by atoms with E-state index in [2.05, 4.69) is 10.3 Å². The molecule has 44 heavy (non-hydrogen) atoms. The van der Waals surface area contributed by atoms with Crippen LogP contribution in [0.15, 0.2) is 59.6 Å². The number of aromatic nitrogens is 1. The number of carbonyl (C=O) groups excluding carboxylic acids is 1. The van der Waals surface area contributed by atoms with Crippen LogP contribution in [-0.4, -0.2) is 45.3 Å². The predicted molar refractivity (Wildman–Crippen MR) is 154 cm³/mol. The largest absolute Gasteiger partial charge is 0.417 e. The van der Waals surface area contributed by atoms with Crippen molar-refractivity contribution in [3.8, 4) is 0 Å². The van der Waals surface area contributed by atoms with E-state index >= 15 is 0 Å². The number of sulfone groups is 1. The van der Waals surface area contributed by atoms with Gasteiger partial charge in [0.25, 0.3) is 15.9 Å². The Morgan fingerprint density at radius 1 is 1.07 bits per heavy atom. The number of rotatable bonds is 6. The van der Waals surface area contributed by atoms with Gasteiger partial charge < -0.3 is 5.32 Å². The van der Waals surface area contributed by atoms with E-state index in [-0.39, 0.29) is 58.0 Å². The number of amides is 1. The second-order valence-corrected chi connectivity index (χ2v) is 15.9. The van der Waals surface area contributed by atoms with Crippen molar-refractivity contribution in [1.29, 1.82) is 0 Å². The Hall–Kier alpha value is -3.23. The third-order valence-corrected chi connectivity index (χ3v) is 12.5. The van der Waals surface area contributed by atoms with Gasteiger partial charge in [0.1, 0.15) is 15.7 Å². The van der Waals surface area contributed by atoms with Gasteiger partial charge >= 0.3 is 6.18 Å². The Morgan fingerprint density at radius 2 is 1.73 bits per heavy atom. The zero-order chi connectivity index (χ0) is 31.7. The number of halogens is 5. The Labute approximate surface area is 256 Å². The molecule has 1 spiro atoms. The number of hydrogen-bond donors (Lipinski definition) is 1. The average molecular weight is 672 g/mol. The van der Waals surface area contributed by atoms with Crippen LogP contribution in [0.2, 0.25) is 5.02 Å². The van der Waals surface area contributed by atoms with Crippen LogP contribution in [0.4, 0.5) is 23.2 Å². The first-order valence-corrected chi connectivity index (χ1v) is 17.4. The molecular formula is C29H26ClF4N3O5S2. The van der Waals surface area contributed by atoms with Crippen molar-refractivity contribution in [1.82, 2.24) is 10.3 Å². The van der Waals surface area contributed by atoms with Crippen molar-refractivity contribution in [2.24, 2.45) is 5.92 Å². The fourth-order valence-electron chi connectivity index (χ4n) is 6.34. The van der Waals surface area contributed by atoms with E-state index < -0.39 is 54.8 Å². The highest BCUT2D eigenvalue weighted by Gasteiger charge is 2.60. The zero-order valence-corrected chi connectivity index (χ0v) is 25.3. The molecule has 1 aromatic heterocycles. The Kier molecular flexibility index (Phi) is 7.48. The van der Waals surface area contributed by atoms with E-state index in [0.29, 0.717) is 17.4 Å². The monoisotopic (exact) mass is 671 g/mol. The number of benzene rings is 2. The number of alkyl halides is 3. The van der Waals surface area contributed by atoms with Crippen molar-refractivity contribution < 1.29 is 39.2 Å². The summed E-state index contributed by atoms with van der Waals surface area (Å²) in [7, 11) is -7.56. The van der Waals surface area contributed by atoms with Crippen molar-refractivity contribution in [2.45, 2.75) is 54.8 Å². The van der Waals surface area contributed by atoms with Gasteiger partial charge in [0, 0.05) is 17.2 Å². The minimum atomic E-state index is -4.63. The van der Waals surface area contributed by atoms with Crippen LogP contribution in [0.3, 0.4) is 0 Å². The molecule has 1 saturated carbocycles. The van der Waals surface area contributed by atoms with E-state index in [1.807, 2.05) is 0 Å². The van der Waals surface area contributed by atoms with E-state index in [4.69, 9.17) is 11.6 Å². The first kappa shape index (κ1) is 30.8. The highest BCUT2D eigenvalue weighted by molar-refractivity contribution is 7.93. The minimum Gasteiger partial charge on any atom is -0.346 e. The van der Waals surface area contributed by atoms with Crippen LogP contribution in [0, 0.1) is 11.7 Å². The van der Waals surface area contributed by atoms with Crippen LogP contribution in [0.1, 0.15) is 52.9 Å². The summed E-state index contributed by atoms with van der Waals surface area (Å²) < 4.78 is 107. The third-order valence-electron chi connectivity index (χ3n) is 8.67. The summed E-state index contributed by atoms with van der Waals surface area (Å²) in [4.78, 5) is 16.9. The molecule has 3 heterocycles. The molecule has 2 aromatic carbocycles. The second kappa shape index (κ2) is 10.7. The Morgan fingerprint density at radius 3 is 2.32 bits per heavy atom. The van der Waals surface area contributed by atoms with Crippen molar-refractivity contribution in [2.75, 3.05) is 15.8 Å².